The lowest BCUT2D eigenvalue weighted by Crippen LogP contribution is -2.46. The van der Waals surface area contributed by atoms with E-state index in [4.69, 9.17) is 4.74 Å². The lowest BCUT2D eigenvalue weighted by atomic mass is 10.0. The van der Waals surface area contributed by atoms with Crippen LogP contribution in [-0.2, 0) is 16.1 Å². The van der Waals surface area contributed by atoms with Gasteiger partial charge in [0.15, 0.2) is 0 Å². The smallest absolute Gasteiger partial charge is 0.274 e. The van der Waals surface area contributed by atoms with Crippen LogP contribution in [0.2, 0.25) is 0 Å². The van der Waals surface area contributed by atoms with Crippen molar-refractivity contribution < 1.29 is 14.3 Å². The average molecular weight is 567 g/mol. The summed E-state index contributed by atoms with van der Waals surface area (Å²) >= 11 is 0. The van der Waals surface area contributed by atoms with Crippen LogP contribution < -0.4 is 15.5 Å². The number of amides is 2. The number of hydrogen-bond acceptors (Lipinski definition) is 8. The lowest BCUT2D eigenvalue weighted by Gasteiger charge is -2.33. The zero-order valence-corrected chi connectivity index (χ0v) is 23.4. The quantitative estimate of drug-likeness (QED) is 0.277. The SMILES string of the molecule is C=CC(=O)NC1CCCN(Cc2ccnc(C(=O)Nc3ccc(-c4cc5c(N6CCOCC6)ncnc5[nH]4)cc3)c2)C1. The molecule has 11 heteroatoms. The Labute approximate surface area is 244 Å². The Morgan fingerprint density at radius 1 is 1.07 bits per heavy atom. The van der Waals surface area contributed by atoms with Gasteiger partial charge in [-0.15, -0.1) is 0 Å². The average Bonchev–Trinajstić information content (AvgIpc) is 3.47. The Kier molecular flexibility index (Phi) is 8.20. The summed E-state index contributed by atoms with van der Waals surface area (Å²) < 4.78 is 5.49. The summed E-state index contributed by atoms with van der Waals surface area (Å²) in [6, 6.07) is 13.6. The number of anilines is 2. The van der Waals surface area contributed by atoms with E-state index in [9.17, 15) is 9.59 Å². The van der Waals surface area contributed by atoms with Crippen molar-refractivity contribution in [3.63, 3.8) is 0 Å². The van der Waals surface area contributed by atoms with E-state index in [2.05, 4.69) is 53.0 Å². The van der Waals surface area contributed by atoms with Gasteiger partial charge >= 0.3 is 0 Å². The number of ether oxygens (including phenoxy) is 1. The first kappa shape index (κ1) is 27.6. The highest BCUT2D eigenvalue weighted by Crippen LogP contribution is 2.29. The molecule has 0 spiro atoms. The highest BCUT2D eigenvalue weighted by Gasteiger charge is 2.21. The normalized spacial score (nSPS) is 17.6. The van der Waals surface area contributed by atoms with Crippen LogP contribution in [0.25, 0.3) is 22.3 Å². The maximum absolute atomic E-state index is 13.0. The first-order valence-electron chi connectivity index (χ1n) is 14.2. The van der Waals surface area contributed by atoms with Crippen LogP contribution in [0.15, 0.2) is 67.6 Å². The van der Waals surface area contributed by atoms with Crippen molar-refractivity contribution in [2.75, 3.05) is 49.6 Å². The first-order chi connectivity index (χ1) is 20.6. The molecule has 3 aromatic heterocycles. The number of rotatable bonds is 8. The molecule has 2 aliphatic heterocycles. The van der Waals surface area contributed by atoms with E-state index in [0.717, 1.165) is 72.7 Å². The minimum atomic E-state index is -0.268. The summed E-state index contributed by atoms with van der Waals surface area (Å²) in [7, 11) is 0. The topological polar surface area (TPSA) is 128 Å². The second-order valence-electron chi connectivity index (χ2n) is 10.6. The highest BCUT2D eigenvalue weighted by atomic mass is 16.5. The molecule has 216 valence electrons. The third-order valence-electron chi connectivity index (χ3n) is 7.67. The van der Waals surface area contributed by atoms with Crippen molar-refractivity contribution in [2.24, 2.45) is 0 Å². The van der Waals surface area contributed by atoms with Gasteiger partial charge in [0.2, 0.25) is 5.91 Å². The van der Waals surface area contributed by atoms with Crippen molar-refractivity contribution in [1.29, 1.82) is 0 Å². The number of nitrogens with zero attached hydrogens (tertiary/aromatic N) is 5. The highest BCUT2D eigenvalue weighted by molar-refractivity contribution is 6.03. The van der Waals surface area contributed by atoms with Gasteiger partial charge in [0.05, 0.1) is 18.6 Å². The number of nitrogens with one attached hydrogen (secondary N) is 3. The molecule has 2 aliphatic rings. The molecule has 2 saturated heterocycles. The number of fused-ring (bicyclic) bond motifs is 1. The molecule has 0 saturated carbocycles. The number of carbonyl (C=O) groups is 2. The molecule has 2 amide bonds. The molecule has 3 N–H and O–H groups in total. The van der Waals surface area contributed by atoms with Crippen LogP contribution in [0.5, 0.6) is 0 Å². The Hall–Kier alpha value is -4.61. The van der Waals surface area contributed by atoms with Gasteiger partial charge in [-0.05, 0) is 66.9 Å². The summed E-state index contributed by atoms with van der Waals surface area (Å²) in [5.41, 5.74) is 4.72. The molecule has 1 unspecified atom stereocenters. The summed E-state index contributed by atoms with van der Waals surface area (Å²) in [6.07, 6.45) is 6.50. The minimum Gasteiger partial charge on any atom is -0.378 e. The number of carbonyl (C=O) groups excluding carboxylic acids is 2. The Balaban J connectivity index is 1.10. The van der Waals surface area contributed by atoms with Gasteiger partial charge in [-0.1, -0.05) is 18.7 Å². The number of piperidine rings is 1. The van der Waals surface area contributed by atoms with Crippen molar-refractivity contribution in [3.8, 4) is 11.3 Å². The molecule has 0 aliphatic carbocycles. The number of H-pyrrole nitrogens is 1. The van der Waals surface area contributed by atoms with E-state index >= 15 is 0 Å². The molecule has 1 atom stereocenters. The molecule has 0 radical (unpaired) electrons. The van der Waals surface area contributed by atoms with Gasteiger partial charge in [-0.3, -0.25) is 19.5 Å². The fraction of sp³-hybridized carbons (Fsp3) is 0.323. The third-order valence-corrected chi connectivity index (χ3v) is 7.67. The molecule has 0 bridgehead atoms. The van der Waals surface area contributed by atoms with Crippen LogP contribution in [0.1, 0.15) is 28.9 Å². The van der Waals surface area contributed by atoms with Crippen molar-refractivity contribution in [3.05, 3.63) is 78.9 Å². The van der Waals surface area contributed by atoms with Gasteiger partial charge < -0.3 is 25.3 Å². The first-order valence-corrected chi connectivity index (χ1v) is 14.2. The van der Waals surface area contributed by atoms with Crippen LogP contribution in [0, 0.1) is 0 Å². The molecular weight excluding hydrogens is 532 g/mol. The van der Waals surface area contributed by atoms with Crippen LogP contribution in [0.4, 0.5) is 11.5 Å². The zero-order chi connectivity index (χ0) is 28.9. The second-order valence-corrected chi connectivity index (χ2v) is 10.6. The molecule has 6 rings (SSSR count). The van der Waals surface area contributed by atoms with E-state index in [1.807, 2.05) is 36.4 Å². The van der Waals surface area contributed by atoms with Gasteiger partial charge in [0.1, 0.15) is 23.5 Å². The van der Waals surface area contributed by atoms with Crippen LogP contribution >= 0.6 is 0 Å². The van der Waals surface area contributed by atoms with E-state index in [1.165, 1.54) is 6.08 Å². The zero-order valence-electron chi connectivity index (χ0n) is 23.4. The van der Waals surface area contributed by atoms with Crippen molar-refractivity contribution >= 4 is 34.4 Å². The third kappa shape index (κ3) is 6.32. The van der Waals surface area contributed by atoms with Crippen LogP contribution in [-0.4, -0.2) is 82.1 Å². The summed E-state index contributed by atoms with van der Waals surface area (Å²) in [5, 5.41) is 6.92. The molecule has 2 fully saturated rings. The number of hydrogen-bond donors (Lipinski definition) is 3. The van der Waals surface area contributed by atoms with Crippen LogP contribution in [0.3, 0.4) is 0 Å². The molecule has 11 nitrogen and oxygen atoms in total. The number of morpholine rings is 1. The Morgan fingerprint density at radius 2 is 1.90 bits per heavy atom. The van der Waals surface area contributed by atoms with Gasteiger partial charge in [0, 0.05) is 49.8 Å². The Bertz CT molecular complexity index is 1580. The number of pyridine rings is 1. The van der Waals surface area contributed by atoms with Crippen molar-refractivity contribution in [1.82, 2.24) is 30.2 Å². The standard InChI is InChI=1S/C31H34N8O3/c1-2-28(40)35-24-4-3-11-38(19-24)18-21-9-10-32-27(16-21)31(41)36-23-7-5-22(6-8-23)26-17-25-29(37-26)33-20-34-30(25)39-12-14-42-15-13-39/h2,5-10,16-17,20,24H,1,3-4,11-15,18-19H2,(H,35,40)(H,36,41)(H,33,34,37). The maximum Gasteiger partial charge on any atom is 0.274 e. The molecule has 42 heavy (non-hydrogen) atoms. The van der Waals surface area contributed by atoms with Crippen molar-refractivity contribution in [2.45, 2.75) is 25.4 Å². The van der Waals surface area contributed by atoms with Gasteiger partial charge in [-0.2, -0.15) is 0 Å². The molecule has 1 aromatic carbocycles. The Morgan fingerprint density at radius 3 is 2.71 bits per heavy atom. The minimum absolute atomic E-state index is 0.0981. The maximum atomic E-state index is 13.0. The number of likely N-dealkylation sites (tertiary alicyclic amines) is 1. The fourth-order valence-electron chi connectivity index (χ4n) is 5.57. The van der Waals surface area contributed by atoms with E-state index in [-0.39, 0.29) is 17.9 Å². The molecular formula is C31H34N8O3. The number of aromatic amines is 1. The number of aromatic nitrogens is 4. The summed E-state index contributed by atoms with van der Waals surface area (Å²) in [5.74, 6) is 0.491. The molecule has 5 heterocycles. The van der Waals surface area contributed by atoms with E-state index in [0.29, 0.717) is 31.1 Å². The predicted octanol–water partition coefficient (Wildman–Crippen LogP) is 3.38. The van der Waals surface area contributed by atoms with Gasteiger partial charge in [-0.25, -0.2) is 9.97 Å². The second kappa shape index (κ2) is 12.5. The summed E-state index contributed by atoms with van der Waals surface area (Å²) in [4.78, 5) is 45.9. The largest absolute Gasteiger partial charge is 0.378 e. The lowest BCUT2D eigenvalue weighted by molar-refractivity contribution is -0.117. The number of benzene rings is 1. The molecule has 4 aromatic rings. The van der Waals surface area contributed by atoms with E-state index in [1.54, 1.807) is 12.5 Å². The monoisotopic (exact) mass is 566 g/mol. The van der Waals surface area contributed by atoms with E-state index < -0.39 is 0 Å². The van der Waals surface area contributed by atoms with Gasteiger partial charge in [0.25, 0.3) is 5.91 Å². The summed E-state index contributed by atoms with van der Waals surface area (Å²) in [6.45, 7) is 8.88. The predicted molar refractivity (Wildman–Crippen MR) is 161 cm³/mol. The fourth-order valence-corrected chi connectivity index (χ4v) is 5.57.